The zero-order valence-corrected chi connectivity index (χ0v) is 18.9. The molecule has 3 aromatic rings. The molecule has 0 spiro atoms. The van der Waals surface area contributed by atoms with Gasteiger partial charge >= 0.3 is 0 Å². The maximum Gasteiger partial charge on any atom is 0.188 e. The highest BCUT2D eigenvalue weighted by atomic mass is 35.5. The number of thiazole rings is 1. The molecule has 1 N–H and O–H groups in total. The minimum absolute atomic E-state index is 0.474. The molecular weight excluding hydrogens is 422 g/mol. The number of hydrogen-bond donors (Lipinski definition) is 1. The summed E-state index contributed by atoms with van der Waals surface area (Å²) in [6, 6.07) is 14.4. The molecule has 1 aliphatic carbocycles. The summed E-state index contributed by atoms with van der Waals surface area (Å²) in [6.07, 6.45) is 3.43. The van der Waals surface area contributed by atoms with E-state index >= 15 is 0 Å². The zero-order valence-electron chi connectivity index (χ0n) is 16.6. The van der Waals surface area contributed by atoms with Crippen LogP contribution in [0.1, 0.15) is 17.0 Å². The van der Waals surface area contributed by atoms with Crippen molar-refractivity contribution in [2.45, 2.75) is 24.2 Å². The van der Waals surface area contributed by atoms with Gasteiger partial charge in [-0.05, 0) is 69.6 Å². The summed E-state index contributed by atoms with van der Waals surface area (Å²) in [5.74, 6) is 0.730. The largest absolute Gasteiger partial charge is 0.316 e. The number of likely N-dealkylation sites (N-methyl/N-ethyl adjacent to an activating group) is 1. The number of halogens is 1. The van der Waals surface area contributed by atoms with Crippen LogP contribution in [0.3, 0.4) is 0 Å². The maximum absolute atomic E-state index is 6.34. The Labute approximate surface area is 185 Å². The fraction of sp³-hybridized carbons (Fsp3) is 0.333. The van der Waals surface area contributed by atoms with Crippen LogP contribution in [0, 0.1) is 0 Å². The summed E-state index contributed by atoms with van der Waals surface area (Å²) in [7, 11) is 4.18. The molecule has 0 atom stereocenters. The van der Waals surface area contributed by atoms with Crippen molar-refractivity contribution < 1.29 is 0 Å². The molecule has 152 valence electrons. The summed E-state index contributed by atoms with van der Waals surface area (Å²) in [5.41, 5.74) is 2.39. The Morgan fingerprint density at radius 1 is 1.10 bits per heavy atom. The molecule has 8 heteroatoms. The summed E-state index contributed by atoms with van der Waals surface area (Å²) >= 11 is 9.73. The standard InChI is InChI=1S/C21H24ClN5S2/c1-26(2)11-12-27(15-7-4-3-5-8-15)29-16-13-19(22)24-20(14-16)25-21-23-17-9-6-10-18(17)28-21/h3-5,7-8,13-14H,6,9-12H2,1-2H3,(H,23,24,25). The molecular formula is C21H24ClN5S2. The van der Waals surface area contributed by atoms with Crippen LogP contribution >= 0.6 is 34.9 Å². The highest BCUT2D eigenvalue weighted by Gasteiger charge is 2.17. The van der Waals surface area contributed by atoms with Gasteiger partial charge in [0.1, 0.15) is 11.0 Å². The molecule has 2 heterocycles. The Kier molecular flexibility index (Phi) is 6.60. The van der Waals surface area contributed by atoms with E-state index in [4.69, 9.17) is 16.6 Å². The SMILES string of the molecule is CN(C)CCN(Sc1cc(Cl)nc(Nc2nc3c(s2)CCC3)c1)c1ccccc1. The van der Waals surface area contributed by atoms with Crippen LogP contribution in [0.2, 0.25) is 5.15 Å². The molecule has 1 aliphatic rings. The van der Waals surface area contributed by atoms with E-state index in [9.17, 15) is 0 Å². The molecule has 4 rings (SSSR count). The number of aryl methyl sites for hydroxylation is 2. The predicted octanol–water partition coefficient (Wildman–Crippen LogP) is 5.50. The summed E-state index contributed by atoms with van der Waals surface area (Å²) in [5, 5.41) is 4.72. The Balaban J connectivity index is 1.53. The third kappa shape index (κ3) is 5.42. The second-order valence-corrected chi connectivity index (χ2v) is 9.78. The molecule has 0 radical (unpaired) electrons. The number of fused-ring (bicyclic) bond motifs is 1. The Morgan fingerprint density at radius 3 is 2.69 bits per heavy atom. The molecule has 5 nitrogen and oxygen atoms in total. The molecule has 0 unspecified atom stereocenters. The van der Waals surface area contributed by atoms with Gasteiger partial charge in [-0.15, -0.1) is 11.3 Å². The number of rotatable bonds is 8. The molecule has 0 amide bonds. The monoisotopic (exact) mass is 445 g/mol. The van der Waals surface area contributed by atoms with Crippen LogP contribution < -0.4 is 9.62 Å². The van der Waals surface area contributed by atoms with Crippen LogP contribution in [0.5, 0.6) is 0 Å². The fourth-order valence-corrected chi connectivity index (χ4v) is 5.50. The van der Waals surface area contributed by atoms with Crippen LogP contribution in [0.4, 0.5) is 16.6 Å². The van der Waals surface area contributed by atoms with E-state index < -0.39 is 0 Å². The molecule has 0 bridgehead atoms. The van der Waals surface area contributed by atoms with Crippen molar-refractivity contribution in [2.75, 3.05) is 36.8 Å². The highest BCUT2D eigenvalue weighted by Crippen LogP contribution is 2.34. The van der Waals surface area contributed by atoms with Crippen molar-refractivity contribution in [3.05, 3.63) is 58.2 Å². The van der Waals surface area contributed by atoms with Crippen molar-refractivity contribution in [3.8, 4) is 0 Å². The first-order chi connectivity index (χ1) is 14.1. The second-order valence-electron chi connectivity index (χ2n) is 7.21. The molecule has 0 saturated carbocycles. The van der Waals surface area contributed by atoms with Gasteiger partial charge in [0, 0.05) is 28.5 Å². The van der Waals surface area contributed by atoms with E-state index in [1.165, 1.54) is 17.0 Å². The topological polar surface area (TPSA) is 44.3 Å². The van der Waals surface area contributed by atoms with Crippen molar-refractivity contribution >= 4 is 51.5 Å². The number of para-hydroxylation sites is 1. The van der Waals surface area contributed by atoms with E-state index in [-0.39, 0.29) is 0 Å². The molecule has 0 fully saturated rings. The number of pyridine rings is 1. The van der Waals surface area contributed by atoms with Crippen molar-refractivity contribution in [1.29, 1.82) is 0 Å². The van der Waals surface area contributed by atoms with Gasteiger partial charge in [0.15, 0.2) is 5.13 Å². The molecule has 1 aromatic carbocycles. The third-order valence-electron chi connectivity index (χ3n) is 4.61. The smallest absolute Gasteiger partial charge is 0.188 e. The Morgan fingerprint density at radius 2 is 1.93 bits per heavy atom. The first kappa shape index (κ1) is 20.5. The van der Waals surface area contributed by atoms with Crippen molar-refractivity contribution in [1.82, 2.24) is 14.9 Å². The first-order valence-corrected chi connectivity index (χ1v) is 11.6. The normalized spacial score (nSPS) is 13.0. The van der Waals surface area contributed by atoms with E-state index in [1.54, 1.807) is 23.3 Å². The van der Waals surface area contributed by atoms with Gasteiger partial charge in [-0.2, -0.15) is 0 Å². The molecule has 2 aromatic heterocycles. The number of aromatic nitrogens is 2. The van der Waals surface area contributed by atoms with Crippen LogP contribution in [-0.4, -0.2) is 42.1 Å². The van der Waals surface area contributed by atoms with Gasteiger partial charge in [-0.25, -0.2) is 9.97 Å². The number of hydrogen-bond acceptors (Lipinski definition) is 7. The summed E-state index contributed by atoms with van der Waals surface area (Å²) < 4.78 is 2.29. The minimum Gasteiger partial charge on any atom is -0.316 e. The third-order valence-corrected chi connectivity index (χ3v) is 6.94. The van der Waals surface area contributed by atoms with Gasteiger partial charge in [0.25, 0.3) is 0 Å². The molecule has 0 aliphatic heterocycles. The van der Waals surface area contributed by atoms with Gasteiger partial charge < -0.3 is 14.5 Å². The van der Waals surface area contributed by atoms with Crippen LogP contribution in [0.25, 0.3) is 0 Å². The average molecular weight is 446 g/mol. The van der Waals surface area contributed by atoms with Crippen molar-refractivity contribution in [3.63, 3.8) is 0 Å². The van der Waals surface area contributed by atoms with Crippen LogP contribution in [-0.2, 0) is 12.8 Å². The number of nitrogens with one attached hydrogen (secondary N) is 1. The molecule has 29 heavy (non-hydrogen) atoms. The zero-order chi connectivity index (χ0) is 20.2. The lowest BCUT2D eigenvalue weighted by Gasteiger charge is -2.25. The van der Waals surface area contributed by atoms with Gasteiger partial charge in [0.05, 0.1) is 5.69 Å². The van der Waals surface area contributed by atoms with E-state index in [0.29, 0.717) is 5.15 Å². The number of nitrogens with zero attached hydrogens (tertiary/aromatic N) is 4. The van der Waals surface area contributed by atoms with E-state index in [1.807, 2.05) is 18.2 Å². The Hall–Kier alpha value is -1.80. The van der Waals surface area contributed by atoms with Gasteiger partial charge in [-0.1, -0.05) is 29.8 Å². The van der Waals surface area contributed by atoms with Crippen molar-refractivity contribution in [2.24, 2.45) is 0 Å². The quantitative estimate of drug-likeness (QED) is 0.365. The highest BCUT2D eigenvalue weighted by molar-refractivity contribution is 8.00. The lowest BCUT2D eigenvalue weighted by atomic mass is 10.3. The van der Waals surface area contributed by atoms with Crippen LogP contribution in [0.15, 0.2) is 47.4 Å². The number of anilines is 3. The lowest BCUT2D eigenvalue weighted by molar-refractivity contribution is 0.421. The fourth-order valence-electron chi connectivity index (χ4n) is 3.18. The maximum atomic E-state index is 6.34. The number of benzene rings is 1. The molecule has 0 saturated heterocycles. The second kappa shape index (κ2) is 9.34. The average Bonchev–Trinajstić information content (AvgIpc) is 3.27. The van der Waals surface area contributed by atoms with E-state index in [2.05, 4.69) is 57.9 Å². The van der Waals surface area contributed by atoms with E-state index in [0.717, 1.165) is 47.5 Å². The summed E-state index contributed by atoms with van der Waals surface area (Å²) in [6.45, 7) is 1.85. The van der Waals surface area contributed by atoms with Gasteiger partial charge in [-0.3, -0.25) is 0 Å². The minimum atomic E-state index is 0.474. The summed E-state index contributed by atoms with van der Waals surface area (Å²) in [4.78, 5) is 13.8. The Bertz CT molecular complexity index is 939. The van der Waals surface area contributed by atoms with Gasteiger partial charge in [0.2, 0.25) is 0 Å². The predicted molar refractivity (Wildman–Crippen MR) is 125 cm³/mol. The lowest BCUT2D eigenvalue weighted by Crippen LogP contribution is -2.26. The first-order valence-electron chi connectivity index (χ1n) is 9.65.